The van der Waals surface area contributed by atoms with E-state index >= 15 is 0 Å². The molecule has 1 rings (SSSR count). The van der Waals surface area contributed by atoms with Crippen LogP contribution < -0.4 is 0 Å². The summed E-state index contributed by atoms with van der Waals surface area (Å²) in [5.41, 5.74) is 0.589. The lowest BCUT2D eigenvalue weighted by atomic mass is 10.1. The van der Waals surface area contributed by atoms with Gasteiger partial charge in [-0.3, -0.25) is 4.79 Å². The number of ketones is 1. The molecule has 64 valence electrons. The van der Waals surface area contributed by atoms with Gasteiger partial charge in [0.1, 0.15) is 0 Å². The van der Waals surface area contributed by atoms with E-state index in [1.807, 2.05) is 12.1 Å². The van der Waals surface area contributed by atoms with Crippen molar-refractivity contribution in [3.63, 3.8) is 0 Å². The van der Waals surface area contributed by atoms with Crippen LogP contribution in [0.1, 0.15) is 17.3 Å². The van der Waals surface area contributed by atoms with Crippen molar-refractivity contribution in [1.82, 2.24) is 0 Å². The first kappa shape index (κ1) is 10.5. The Hall–Kier alpha value is 0.390. The van der Waals surface area contributed by atoms with E-state index in [0.717, 1.165) is 8.04 Å². The van der Waals surface area contributed by atoms with Crippen LogP contribution in [0.5, 0.6) is 0 Å². The first-order valence-corrected chi connectivity index (χ1v) is 5.43. The summed E-state index contributed by atoms with van der Waals surface area (Å²) in [6, 6.07) is 3.68. The number of halogens is 3. The van der Waals surface area contributed by atoms with Crippen molar-refractivity contribution in [1.29, 1.82) is 0 Å². The minimum atomic E-state index is -0.00861. The van der Waals surface area contributed by atoms with Gasteiger partial charge >= 0.3 is 0 Å². The van der Waals surface area contributed by atoms with Crippen LogP contribution in [0.4, 0.5) is 0 Å². The summed E-state index contributed by atoms with van der Waals surface area (Å²) >= 11 is 11.3. The van der Waals surface area contributed by atoms with E-state index in [1.54, 1.807) is 0 Å². The molecule has 0 radical (unpaired) electrons. The van der Waals surface area contributed by atoms with Gasteiger partial charge in [-0.15, -0.1) is 0 Å². The third-order valence-corrected chi connectivity index (χ3v) is 3.58. The van der Waals surface area contributed by atoms with Gasteiger partial charge in [0.15, 0.2) is 5.78 Å². The fourth-order valence-electron chi connectivity index (χ4n) is 0.850. The Morgan fingerprint density at radius 2 is 2.17 bits per heavy atom. The van der Waals surface area contributed by atoms with Crippen LogP contribution in [0.2, 0.25) is 5.02 Å². The predicted molar refractivity (Wildman–Crippen MR) is 61.9 cm³/mol. The van der Waals surface area contributed by atoms with Crippen LogP contribution in [0, 0.1) is 3.57 Å². The van der Waals surface area contributed by atoms with Gasteiger partial charge in [-0.2, -0.15) is 0 Å². The third-order valence-electron chi connectivity index (χ3n) is 1.40. The molecule has 0 aliphatic heterocycles. The summed E-state index contributed by atoms with van der Waals surface area (Å²) in [6.45, 7) is 1.51. The van der Waals surface area contributed by atoms with Crippen LogP contribution in [0.25, 0.3) is 0 Å². The number of hydrogen-bond donors (Lipinski definition) is 0. The van der Waals surface area contributed by atoms with Crippen LogP contribution in [0.15, 0.2) is 16.6 Å². The molecule has 1 aromatic carbocycles. The van der Waals surface area contributed by atoms with Gasteiger partial charge in [0.05, 0.1) is 10.6 Å². The highest BCUT2D eigenvalue weighted by Crippen LogP contribution is 2.29. The van der Waals surface area contributed by atoms with Crippen LogP contribution >= 0.6 is 50.1 Å². The van der Waals surface area contributed by atoms with Crippen molar-refractivity contribution in [3.05, 3.63) is 30.8 Å². The monoisotopic (exact) mass is 358 g/mol. The van der Waals surface area contributed by atoms with E-state index in [9.17, 15) is 4.79 Å². The first-order valence-electron chi connectivity index (χ1n) is 3.18. The maximum atomic E-state index is 11.1. The number of carbonyl (C=O) groups is 1. The molecule has 1 aromatic rings. The highest BCUT2D eigenvalue weighted by Gasteiger charge is 2.12. The maximum Gasteiger partial charge on any atom is 0.162 e. The fourth-order valence-corrected chi connectivity index (χ4v) is 2.47. The molecule has 0 aliphatic carbocycles. The second-order valence-corrected chi connectivity index (χ2v) is 4.67. The molecule has 0 atom stereocenters. The lowest BCUT2D eigenvalue weighted by Crippen LogP contribution is -1.97. The normalized spacial score (nSPS) is 10.0. The van der Waals surface area contributed by atoms with Gasteiger partial charge in [0, 0.05) is 8.04 Å². The number of Topliss-reactive ketones (excluding diaryl/α,β-unsaturated/α-hetero) is 1. The molecule has 0 saturated carbocycles. The molecule has 0 unspecified atom stereocenters. The SMILES string of the molecule is CC(=O)c1c(I)ccc(Br)c1Cl. The number of hydrogen-bond acceptors (Lipinski definition) is 1. The Labute approximate surface area is 97.8 Å². The molecular weight excluding hydrogens is 354 g/mol. The molecule has 0 aromatic heterocycles. The molecule has 0 bridgehead atoms. The molecule has 1 nitrogen and oxygen atoms in total. The van der Waals surface area contributed by atoms with Crippen molar-refractivity contribution < 1.29 is 4.79 Å². The summed E-state index contributed by atoms with van der Waals surface area (Å²) in [4.78, 5) is 11.1. The lowest BCUT2D eigenvalue weighted by molar-refractivity contribution is 0.101. The van der Waals surface area contributed by atoms with Gasteiger partial charge in [0.2, 0.25) is 0 Å². The van der Waals surface area contributed by atoms with E-state index in [1.165, 1.54) is 6.92 Å². The Bertz CT molecular complexity index is 338. The Morgan fingerprint density at radius 3 is 2.58 bits per heavy atom. The molecule has 4 heteroatoms. The van der Waals surface area contributed by atoms with Gasteiger partial charge in [-0.05, 0) is 57.6 Å². The van der Waals surface area contributed by atoms with Crippen LogP contribution in [-0.2, 0) is 0 Å². The molecule has 0 aliphatic rings. The zero-order chi connectivity index (χ0) is 9.30. The Balaban J connectivity index is 3.43. The second-order valence-electron chi connectivity index (χ2n) is 2.27. The maximum absolute atomic E-state index is 11.1. The minimum Gasteiger partial charge on any atom is -0.294 e. The van der Waals surface area contributed by atoms with E-state index in [0.29, 0.717) is 10.6 Å². The summed E-state index contributed by atoms with van der Waals surface area (Å²) < 4.78 is 1.64. The van der Waals surface area contributed by atoms with Crippen molar-refractivity contribution in [2.24, 2.45) is 0 Å². The van der Waals surface area contributed by atoms with Crippen molar-refractivity contribution in [2.45, 2.75) is 6.92 Å². The molecule has 0 amide bonds. The zero-order valence-electron chi connectivity index (χ0n) is 6.20. The van der Waals surface area contributed by atoms with Gasteiger partial charge in [0.25, 0.3) is 0 Å². The number of carbonyl (C=O) groups excluding carboxylic acids is 1. The molecule has 0 fully saturated rings. The summed E-state index contributed by atoms with van der Waals surface area (Å²) in [7, 11) is 0. The standard InChI is InChI=1S/C8H5BrClIO/c1-4(12)7-6(11)3-2-5(9)8(7)10/h2-3H,1H3. The average Bonchev–Trinajstić information content (AvgIpc) is 1.97. The Morgan fingerprint density at radius 1 is 1.58 bits per heavy atom. The van der Waals surface area contributed by atoms with Gasteiger partial charge < -0.3 is 0 Å². The molecule has 0 heterocycles. The molecule has 0 spiro atoms. The van der Waals surface area contributed by atoms with Crippen LogP contribution in [-0.4, -0.2) is 5.78 Å². The smallest absolute Gasteiger partial charge is 0.162 e. The van der Waals surface area contributed by atoms with Crippen molar-refractivity contribution in [3.8, 4) is 0 Å². The highest BCUT2D eigenvalue weighted by atomic mass is 127. The van der Waals surface area contributed by atoms with Crippen LogP contribution in [0.3, 0.4) is 0 Å². The zero-order valence-corrected chi connectivity index (χ0v) is 10.7. The molecular formula is C8H5BrClIO. The molecule has 12 heavy (non-hydrogen) atoms. The van der Waals surface area contributed by atoms with E-state index in [-0.39, 0.29) is 5.78 Å². The summed E-state index contributed by atoms with van der Waals surface area (Å²) in [5.74, 6) is -0.00861. The van der Waals surface area contributed by atoms with E-state index < -0.39 is 0 Å². The van der Waals surface area contributed by atoms with Gasteiger partial charge in [-0.1, -0.05) is 11.6 Å². The summed E-state index contributed by atoms with van der Waals surface area (Å²) in [6.07, 6.45) is 0. The van der Waals surface area contributed by atoms with E-state index in [2.05, 4.69) is 38.5 Å². The number of benzene rings is 1. The summed E-state index contributed by atoms with van der Waals surface area (Å²) in [5, 5.41) is 0.495. The second kappa shape index (κ2) is 4.07. The predicted octanol–water partition coefficient (Wildman–Crippen LogP) is 3.91. The third kappa shape index (κ3) is 2.00. The Kier molecular flexibility index (Phi) is 3.55. The van der Waals surface area contributed by atoms with E-state index in [4.69, 9.17) is 11.6 Å². The quantitative estimate of drug-likeness (QED) is 0.422. The molecule has 0 saturated heterocycles. The van der Waals surface area contributed by atoms with Gasteiger partial charge in [-0.25, -0.2) is 0 Å². The van der Waals surface area contributed by atoms with Crippen molar-refractivity contribution in [2.75, 3.05) is 0 Å². The topological polar surface area (TPSA) is 17.1 Å². The highest BCUT2D eigenvalue weighted by molar-refractivity contribution is 14.1. The minimum absolute atomic E-state index is 0.00861. The molecule has 0 N–H and O–H groups in total. The van der Waals surface area contributed by atoms with Crippen molar-refractivity contribution >= 4 is 55.9 Å². The first-order chi connectivity index (χ1) is 5.54. The number of rotatable bonds is 1. The lowest BCUT2D eigenvalue weighted by Gasteiger charge is -2.04. The fraction of sp³-hybridized carbons (Fsp3) is 0.125. The average molecular weight is 359 g/mol. The largest absolute Gasteiger partial charge is 0.294 e.